The van der Waals surface area contributed by atoms with E-state index < -0.39 is 11.8 Å². The van der Waals surface area contributed by atoms with Gasteiger partial charge in [0.25, 0.3) is 5.91 Å². The highest BCUT2D eigenvalue weighted by molar-refractivity contribution is 8.00. The van der Waals surface area contributed by atoms with Crippen LogP contribution in [0.1, 0.15) is 13.3 Å². The summed E-state index contributed by atoms with van der Waals surface area (Å²) >= 11 is 1.73. The van der Waals surface area contributed by atoms with Crippen molar-refractivity contribution in [3.63, 3.8) is 0 Å². The number of amides is 1. The zero-order valence-corrected chi connectivity index (χ0v) is 15.7. The van der Waals surface area contributed by atoms with Crippen LogP contribution in [0.5, 0.6) is 5.75 Å². The average Bonchev–Trinajstić information content (AvgIpc) is 2.82. The van der Waals surface area contributed by atoms with Gasteiger partial charge in [0.2, 0.25) is 0 Å². The molecule has 0 saturated carbocycles. The Morgan fingerprint density at radius 3 is 2.81 bits per heavy atom. The van der Waals surface area contributed by atoms with Crippen molar-refractivity contribution in [3.05, 3.63) is 54.3 Å². The van der Waals surface area contributed by atoms with Crippen molar-refractivity contribution in [2.75, 3.05) is 24.7 Å². The molecular weight excluding hydrogens is 369 g/mol. The third-order valence-electron chi connectivity index (χ3n) is 4.05. The van der Waals surface area contributed by atoms with Gasteiger partial charge in [-0.25, -0.2) is 9.18 Å². The van der Waals surface area contributed by atoms with Crippen LogP contribution >= 0.6 is 11.8 Å². The minimum atomic E-state index is -0.682. The number of hydrogen-bond donors (Lipinski definition) is 0. The zero-order chi connectivity index (χ0) is 19.2. The summed E-state index contributed by atoms with van der Waals surface area (Å²) in [6, 6.07) is 13.2. The normalized spacial score (nSPS) is 16.2. The summed E-state index contributed by atoms with van der Waals surface area (Å²) in [4.78, 5) is 27.1. The van der Waals surface area contributed by atoms with Crippen molar-refractivity contribution in [3.8, 4) is 5.75 Å². The molecule has 2 aromatic carbocycles. The van der Waals surface area contributed by atoms with E-state index in [1.807, 2.05) is 24.3 Å². The number of ether oxygens (including phenoxy) is 2. The number of carbonyl (C=O) groups is 2. The molecular formula is C20H20FNO4S. The van der Waals surface area contributed by atoms with E-state index in [-0.39, 0.29) is 24.9 Å². The minimum absolute atomic E-state index is 0.228. The van der Waals surface area contributed by atoms with E-state index in [0.29, 0.717) is 11.8 Å². The third-order valence-corrected chi connectivity index (χ3v) is 5.29. The fourth-order valence-corrected chi connectivity index (χ4v) is 3.82. The molecule has 0 radical (unpaired) electrons. The van der Waals surface area contributed by atoms with Crippen molar-refractivity contribution in [2.45, 2.75) is 23.5 Å². The summed E-state index contributed by atoms with van der Waals surface area (Å²) < 4.78 is 23.3. The van der Waals surface area contributed by atoms with Crippen LogP contribution in [0, 0.1) is 5.82 Å². The molecule has 0 aromatic heterocycles. The molecule has 1 aliphatic heterocycles. The second-order valence-corrected chi connectivity index (χ2v) is 7.62. The summed E-state index contributed by atoms with van der Waals surface area (Å²) in [5, 5.41) is 0.395. The van der Waals surface area contributed by atoms with Gasteiger partial charge in [-0.3, -0.25) is 4.79 Å². The van der Waals surface area contributed by atoms with E-state index >= 15 is 0 Å². The first-order chi connectivity index (χ1) is 13.0. The molecule has 1 amide bonds. The van der Waals surface area contributed by atoms with E-state index in [9.17, 15) is 14.0 Å². The van der Waals surface area contributed by atoms with Gasteiger partial charge in [0.15, 0.2) is 13.2 Å². The molecule has 0 fully saturated rings. The molecule has 1 unspecified atom stereocenters. The molecule has 0 aliphatic carbocycles. The number of nitrogens with zero attached hydrogens (tertiary/aromatic N) is 1. The Balaban J connectivity index is 1.55. The molecule has 0 spiro atoms. The van der Waals surface area contributed by atoms with E-state index in [1.165, 1.54) is 24.3 Å². The molecule has 1 heterocycles. The number of rotatable bonds is 5. The van der Waals surface area contributed by atoms with Crippen LogP contribution < -0.4 is 9.64 Å². The number of para-hydroxylation sites is 1. The van der Waals surface area contributed by atoms with Crippen LogP contribution in [0.25, 0.3) is 0 Å². The first kappa shape index (κ1) is 19.2. The van der Waals surface area contributed by atoms with E-state index in [4.69, 9.17) is 9.47 Å². The van der Waals surface area contributed by atoms with Crippen molar-refractivity contribution < 1.29 is 23.5 Å². The van der Waals surface area contributed by atoms with E-state index in [1.54, 1.807) is 16.7 Å². The van der Waals surface area contributed by atoms with Crippen LogP contribution in [-0.2, 0) is 14.3 Å². The monoisotopic (exact) mass is 389 g/mol. The Bertz CT molecular complexity index is 829. The molecule has 27 heavy (non-hydrogen) atoms. The first-order valence-electron chi connectivity index (χ1n) is 8.63. The van der Waals surface area contributed by atoms with Gasteiger partial charge in [0, 0.05) is 22.8 Å². The number of benzene rings is 2. The third kappa shape index (κ3) is 5.23. The fraction of sp³-hybridized carbons (Fsp3) is 0.300. The smallest absolute Gasteiger partial charge is 0.344 e. The summed E-state index contributed by atoms with van der Waals surface area (Å²) in [5.41, 5.74) is 0.837. The van der Waals surface area contributed by atoms with Crippen LogP contribution in [0.15, 0.2) is 53.4 Å². The summed E-state index contributed by atoms with van der Waals surface area (Å²) in [7, 11) is 0. The molecule has 3 rings (SSSR count). The van der Waals surface area contributed by atoms with E-state index in [0.717, 1.165) is 17.0 Å². The highest BCUT2D eigenvalue weighted by atomic mass is 32.2. The maximum atomic E-state index is 13.1. The topological polar surface area (TPSA) is 55.8 Å². The first-order valence-corrected chi connectivity index (χ1v) is 9.51. The maximum absolute atomic E-state index is 13.1. The minimum Gasteiger partial charge on any atom is -0.482 e. The standard InChI is InChI=1S/C20H20FNO4S/c1-14-9-10-22(17-7-2-3-8-18(17)27-14)19(23)12-26-20(24)13-25-16-6-4-5-15(21)11-16/h2-8,11,14H,9-10,12-13H2,1H3. The lowest BCUT2D eigenvalue weighted by atomic mass is 10.2. The average molecular weight is 389 g/mol. The molecule has 0 saturated heterocycles. The van der Waals surface area contributed by atoms with Gasteiger partial charge in [0.05, 0.1) is 5.69 Å². The predicted octanol–water partition coefficient (Wildman–Crippen LogP) is 3.67. The van der Waals surface area contributed by atoms with Crippen LogP contribution in [0.4, 0.5) is 10.1 Å². The lowest BCUT2D eigenvalue weighted by Crippen LogP contribution is -2.36. The number of hydrogen-bond acceptors (Lipinski definition) is 5. The Kier molecular flexibility index (Phi) is 6.34. The number of halogens is 1. The Morgan fingerprint density at radius 2 is 2.00 bits per heavy atom. The molecule has 0 N–H and O–H groups in total. The second kappa shape index (κ2) is 8.90. The van der Waals surface area contributed by atoms with Crippen LogP contribution in [0.2, 0.25) is 0 Å². The van der Waals surface area contributed by atoms with Crippen molar-refractivity contribution in [1.82, 2.24) is 0 Å². The van der Waals surface area contributed by atoms with Gasteiger partial charge in [-0.05, 0) is 30.7 Å². The molecule has 5 nitrogen and oxygen atoms in total. The number of anilines is 1. The second-order valence-electron chi connectivity index (χ2n) is 6.14. The fourth-order valence-electron chi connectivity index (χ4n) is 2.71. The Hall–Kier alpha value is -2.54. The van der Waals surface area contributed by atoms with Gasteiger partial charge in [0.1, 0.15) is 11.6 Å². The lowest BCUT2D eigenvalue weighted by molar-refractivity contribution is -0.149. The highest BCUT2D eigenvalue weighted by Crippen LogP contribution is 2.37. The van der Waals surface area contributed by atoms with Gasteiger partial charge in [-0.15, -0.1) is 11.8 Å². The zero-order valence-electron chi connectivity index (χ0n) is 14.9. The Morgan fingerprint density at radius 1 is 1.19 bits per heavy atom. The molecule has 1 aliphatic rings. The lowest BCUT2D eigenvalue weighted by Gasteiger charge is -2.22. The maximum Gasteiger partial charge on any atom is 0.344 e. The number of esters is 1. The number of fused-ring (bicyclic) bond motifs is 1. The van der Waals surface area contributed by atoms with E-state index in [2.05, 4.69) is 6.92 Å². The molecule has 142 valence electrons. The predicted molar refractivity (Wildman–Crippen MR) is 102 cm³/mol. The number of carbonyl (C=O) groups excluding carboxylic acids is 2. The molecule has 0 bridgehead atoms. The summed E-state index contributed by atoms with van der Waals surface area (Å²) in [6.07, 6.45) is 0.849. The summed E-state index contributed by atoms with van der Waals surface area (Å²) in [6.45, 7) is 1.94. The summed E-state index contributed by atoms with van der Waals surface area (Å²) in [5.74, 6) is -1.19. The van der Waals surface area contributed by atoms with Gasteiger partial charge >= 0.3 is 5.97 Å². The van der Waals surface area contributed by atoms with Crippen molar-refractivity contribution >= 4 is 29.3 Å². The molecule has 1 atom stereocenters. The van der Waals surface area contributed by atoms with Gasteiger partial charge in [-0.1, -0.05) is 25.1 Å². The van der Waals surface area contributed by atoms with Crippen molar-refractivity contribution in [1.29, 1.82) is 0 Å². The highest BCUT2D eigenvalue weighted by Gasteiger charge is 2.24. The van der Waals surface area contributed by atoms with Crippen LogP contribution in [-0.4, -0.2) is 36.9 Å². The molecule has 2 aromatic rings. The SMILES string of the molecule is CC1CCN(C(=O)COC(=O)COc2cccc(F)c2)c2ccccc2S1. The van der Waals surface area contributed by atoms with Crippen molar-refractivity contribution in [2.24, 2.45) is 0 Å². The molecule has 7 heteroatoms. The quantitative estimate of drug-likeness (QED) is 0.731. The largest absolute Gasteiger partial charge is 0.482 e. The number of thioether (sulfide) groups is 1. The van der Waals surface area contributed by atoms with Crippen LogP contribution in [0.3, 0.4) is 0 Å². The Labute approximate surface area is 161 Å². The van der Waals surface area contributed by atoms with Gasteiger partial charge < -0.3 is 14.4 Å². The van der Waals surface area contributed by atoms with Gasteiger partial charge in [-0.2, -0.15) is 0 Å².